The van der Waals surface area contributed by atoms with Crippen molar-refractivity contribution in [1.29, 1.82) is 0 Å². The third-order valence-corrected chi connectivity index (χ3v) is 2.26. The van der Waals surface area contributed by atoms with E-state index >= 15 is 0 Å². The SMILES string of the molecule is CC(N)(C(=O)O)c1nc(Cl)ccc1Cl. The normalized spacial score (nSPS) is 14.9. The van der Waals surface area contributed by atoms with Gasteiger partial charge in [0.2, 0.25) is 0 Å². The van der Waals surface area contributed by atoms with E-state index in [0.717, 1.165) is 0 Å². The Bertz CT molecular complexity index is 380. The number of carboxylic acids is 1. The number of hydrogen-bond donors (Lipinski definition) is 2. The van der Waals surface area contributed by atoms with Crippen LogP contribution < -0.4 is 5.73 Å². The van der Waals surface area contributed by atoms with Crippen molar-refractivity contribution in [3.8, 4) is 0 Å². The molecule has 1 unspecified atom stereocenters. The van der Waals surface area contributed by atoms with Gasteiger partial charge in [-0.15, -0.1) is 0 Å². The van der Waals surface area contributed by atoms with E-state index in [2.05, 4.69) is 4.98 Å². The lowest BCUT2D eigenvalue weighted by atomic mass is 9.99. The Morgan fingerprint density at radius 2 is 2.14 bits per heavy atom. The molecule has 0 saturated heterocycles. The minimum absolute atomic E-state index is 0.0548. The predicted octanol–water partition coefficient (Wildman–Crippen LogP) is 1.65. The fourth-order valence-corrected chi connectivity index (χ4v) is 1.33. The molecule has 1 rings (SSSR count). The molecule has 14 heavy (non-hydrogen) atoms. The van der Waals surface area contributed by atoms with Crippen molar-refractivity contribution in [1.82, 2.24) is 4.98 Å². The molecule has 3 N–H and O–H groups in total. The van der Waals surface area contributed by atoms with Crippen LogP contribution in [0.1, 0.15) is 12.6 Å². The van der Waals surface area contributed by atoms with E-state index in [4.69, 9.17) is 34.0 Å². The minimum atomic E-state index is -1.64. The lowest BCUT2D eigenvalue weighted by Crippen LogP contribution is -2.42. The number of nitrogens with two attached hydrogens (primary N) is 1. The predicted molar refractivity (Wildman–Crippen MR) is 53.4 cm³/mol. The maximum atomic E-state index is 10.8. The maximum absolute atomic E-state index is 10.8. The lowest BCUT2D eigenvalue weighted by molar-refractivity contribution is -0.143. The van der Waals surface area contributed by atoms with E-state index < -0.39 is 11.5 Å². The molecule has 0 fully saturated rings. The van der Waals surface area contributed by atoms with Crippen LogP contribution in [0, 0.1) is 0 Å². The lowest BCUT2D eigenvalue weighted by Gasteiger charge is -2.19. The second kappa shape index (κ2) is 3.73. The molecule has 1 aromatic heterocycles. The third-order valence-electron chi connectivity index (χ3n) is 1.75. The number of rotatable bonds is 2. The maximum Gasteiger partial charge on any atom is 0.329 e. The molecular weight excluding hydrogens is 227 g/mol. The summed E-state index contributed by atoms with van der Waals surface area (Å²) in [5, 5.41) is 9.18. The van der Waals surface area contributed by atoms with Gasteiger partial charge in [0.25, 0.3) is 0 Å². The summed E-state index contributed by atoms with van der Waals surface area (Å²) in [5.41, 5.74) is 3.96. The topological polar surface area (TPSA) is 76.2 Å². The summed E-state index contributed by atoms with van der Waals surface area (Å²) < 4.78 is 0. The first-order valence-corrected chi connectivity index (χ1v) is 4.46. The van der Waals surface area contributed by atoms with Crippen molar-refractivity contribution in [3.63, 3.8) is 0 Å². The molecule has 1 heterocycles. The van der Waals surface area contributed by atoms with Crippen LogP contribution >= 0.6 is 23.2 Å². The van der Waals surface area contributed by atoms with E-state index in [9.17, 15) is 4.79 Å². The van der Waals surface area contributed by atoms with Gasteiger partial charge >= 0.3 is 5.97 Å². The largest absolute Gasteiger partial charge is 0.480 e. The Kier molecular flexibility index (Phi) is 2.99. The van der Waals surface area contributed by atoms with Crippen molar-refractivity contribution in [2.24, 2.45) is 5.73 Å². The van der Waals surface area contributed by atoms with Gasteiger partial charge in [-0.05, 0) is 19.1 Å². The number of nitrogens with zero attached hydrogens (tertiary/aromatic N) is 1. The smallest absolute Gasteiger partial charge is 0.329 e. The quantitative estimate of drug-likeness (QED) is 0.764. The van der Waals surface area contributed by atoms with Crippen molar-refractivity contribution < 1.29 is 9.90 Å². The number of aromatic nitrogens is 1. The van der Waals surface area contributed by atoms with Gasteiger partial charge in [0.05, 0.1) is 10.7 Å². The third kappa shape index (κ3) is 1.97. The molecule has 0 amide bonds. The molecular formula is C8H8Cl2N2O2. The molecule has 0 aromatic carbocycles. The Morgan fingerprint density at radius 1 is 1.57 bits per heavy atom. The zero-order valence-corrected chi connectivity index (χ0v) is 8.80. The van der Waals surface area contributed by atoms with E-state index in [1.807, 2.05) is 0 Å². The minimum Gasteiger partial charge on any atom is -0.480 e. The van der Waals surface area contributed by atoms with Crippen LogP contribution in [-0.2, 0) is 10.3 Å². The van der Waals surface area contributed by atoms with Gasteiger partial charge in [0, 0.05) is 0 Å². The van der Waals surface area contributed by atoms with Crippen molar-refractivity contribution in [2.75, 3.05) is 0 Å². The molecule has 1 atom stereocenters. The van der Waals surface area contributed by atoms with Gasteiger partial charge in [0.1, 0.15) is 5.15 Å². The van der Waals surface area contributed by atoms with Crippen LogP contribution in [-0.4, -0.2) is 16.1 Å². The van der Waals surface area contributed by atoms with E-state index in [1.165, 1.54) is 19.1 Å². The second-order valence-corrected chi connectivity index (χ2v) is 3.77. The van der Waals surface area contributed by atoms with Crippen LogP contribution in [0.15, 0.2) is 12.1 Å². The van der Waals surface area contributed by atoms with Crippen LogP contribution in [0.4, 0.5) is 0 Å². The highest BCUT2D eigenvalue weighted by Gasteiger charge is 2.34. The highest BCUT2D eigenvalue weighted by atomic mass is 35.5. The van der Waals surface area contributed by atoms with Crippen LogP contribution in [0.3, 0.4) is 0 Å². The first kappa shape index (κ1) is 11.2. The van der Waals surface area contributed by atoms with Gasteiger partial charge < -0.3 is 10.8 Å². The van der Waals surface area contributed by atoms with E-state index in [0.29, 0.717) is 0 Å². The van der Waals surface area contributed by atoms with Gasteiger partial charge in [-0.25, -0.2) is 9.78 Å². The van der Waals surface area contributed by atoms with E-state index in [-0.39, 0.29) is 15.9 Å². The molecule has 4 nitrogen and oxygen atoms in total. The first-order chi connectivity index (χ1) is 6.35. The molecule has 0 saturated carbocycles. The summed E-state index contributed by atoms with van der Waals surface area (Å²) in [5.74, 6) is -1.21. The first-order valence-electron chi connectivity index (χ1n) is 3.70. The zero-order valence-electron chi connectivity index (χ0n) is 7.29. The summed E-state index contributed by atoms with van der Waals surface area (Å²) in [6.07, 6.45) is 0. The summed E-state index contributed by atoms with van der Waals surface area (Å²) in [6.45, 7) is 1.31. The van der Waals surface area contributed by atoms with Crippen molar-refractivity contribution in [2.45, 2.75) is 12.5 Å². The molecule has 76 valence electrons. The second-order valence-electron chi connectivity index (χ2n) is 2.97. The molecule has 1 aromatic rings. The van der Waals surface area contributed by atoms with Crippen LogP contribution in [0.25, 0.3) is 0 Å². The van der Waals surface area contributed by atoms with Crippen LogP contribution in [0.5, 0.6) is 0 Å². The number of carboxylic acid groups (broad SMARTS) is 1. The Hall–Kier alpha value is -0.840. The standard InChI is InChI=1S/C8H8Cl2N2O2/c1-8(11,7(13)14)6-4(9)2-3-5(10)12-6/h2-3H,11H2,1H3,(H,13,14). The average molecular weight is 235 g/mol. The molecule has 0 radical (unpaired) electrons. The molecule has 0 bridgehead atoms. The Labute approximate surface area is 90.6 Å². The summed E-state index contributed by atoms with van der Waals surface area (Å²) in [6, 6.07) is 2.92. The molecule has 0 aliphatic rings. The number of pyridine rings is 1. The molecule has 0 aliphatic carbocycles. The Morgan fingerprint density at radius 3 is 2.64 bits per heavy atom. The number of aliphatic carboxylic acids is 1. The molecule has 0 spiro atoms. The molecule has 6 heteroatoms. The zero-order chi connectivity index (χ0) is 10.9. The average Bonchev–Trinajstić information content (AvgIpc) is 2.08. The van der Waals surface area contributed by atoms with Gasteiger partial charge in [-0.1, -0.05) is 23.2 Å². The number of halogens is 2. The summed E-state index contributed by atoms with van der Waals surface area (Å²) in [4.78, 5) is 14.6. The van der Waals surface area contributed by atoms with Crippen molar-refractivity contribution >= 4 is 29.2 Å². The fourth-order valence-electron chi connectivity index (χ4n) is 0.884. The van der Waals surface area contributed by atoms with Gasteiger partial charge in [0.15, 0.2) is 5.54 Å². The highest BCUT2D eigenvalue weighted by molar-refractivity contribution is 6.32. The van der Waals surface area contributed by atoms with Crippen LogP contribution in [0.2, 0.25) is 10.2 Å². The Balaban J connectivity index is 3.31. The number of hydrogen-bond acceptors (Lipinski definition) is 3. The van der Waals surface area contributed by atoms with E-state index in [1.54, 1.807) is 0 Å². The summed E-state index contributed by atoms with van der Waals surface area (Å²) >= 11 is 11.4. The summed E-state index contributed by atoms with van der Waals surface area (Å²) in [7, 11) is 0. The monoisotopic (exact) mass is 234 g/mol. The van der Waals surface area contributed by atoms with Gasteiger partial charge in [-0.3, -0.25) is 0 Å². The van der Waals surface area contributed by atoms with Gasteiger partial charge in [-0.2, -0.15) is 0 Å². The molecule has 0 aliphatic heterocycles. The van der Waals surface area contributed by atoms with Crippen molar-refractivity contribution in [3.05, 3.63) is 28.0 Å². The number of carbonyl (C=O) groups is 1. The fraction of sp³-hybridized carbons (Fsp3) is 0.250. The highest BCUT2D eigenvalue weighted by Crippen LogP contribution is 2.25.